The topological polar surface area (TPSA) is 78.9 Å². The van der Waals surface area contributed by atoms with Crippen LogP contribution in [0.1, 0.15) is 58.1 Å². The Hall–Kier alpha value is -2.21. The highest BCUT2D eigenvalue weighted by Crippen LogP contribution is 1.99. The minimum atomic E-state index is -0.294. The molecule has 0 atom stereocenters. The van der Waals surface area contributed by atoms with Crippen LogP contribution in [0, 0.1) is 13.8 Å². The Morgan fingerprint density at radius 2 is 1.32 bits per heavy atom. The average Bonchev–Trinajstić information content (AvgIpc) is 2.66. The van der Waals surface area contributed by atoms with E-state index in [0.29, 0.717) is 26.2 Å². The highest BCUT2D eigenvalue weighted by atomic mass is 16.6. The number of benzene rings is 1. The van der Waals surface area contributed by atoms with Crippen LogP contribution in [-0.2, 0) is 28.6 Å². The molecule has 0 radical (unpaired) electrons. The molecule has 160 valence electrons. The summed E-state index contributed by atoms with van der Waals surface area (Å²) in [7, 11) is 0. The van der Waals surface area contributed by atoms with Crippen molar-refractivity contribution in [3.8, 4) is 0 Å². The van der Waals surface area contributed by atoms with E-state index in [0.717, 1.165) is 6.42 Å². The van der Waals surface area contributed by atoms with Crippen molar-refractivity contribution in [3.63, 3.8) is 0 Å². The summed E-state index contributed by atoms with van der Waals surface area (Å²) in [4.78, 5) is 31.5. The summed E-state index contributed by atoms with van der Waals surface area (Å²) in [5.74, 6) is -0.547. The van der Waals surface area contributed by atoms with Gasteiger partial charge in [-0.2, -0.15) is 0 Å². The first-order chi connectivity index (χ1) is 13.3. The Balaban J connectivity index is 0. The maximum absolute atomic E-state index is 10.6. The monoisotopic (exact) mass is 396 g/mol. The molecule has 0 aromatic heterocycles. The fourth-order valence-electron chi connectivity index (χ4n) is 1.59. The summed E-state index contributed by atoms with van der Waals surface area (Å²) in [5, 5.41) is 0. The van der Waals surface area contributed by atoms with E-state index >= 15 is 0 Å². The largest absolute Gasteiger partial charge is 0.466 e. The Morgan fingerprint density at radius 3 is 1.71 bits per heavy atom. The van der Waals surface area contributed by atoms with E-state index in [4.69, 9.17) is 9.47 Å². The smallest absolute Gasteiger partial charge is 0.332 e. The van der Waals surface area contributed by atoms with Gasteiger partial charge in [-0.1, -0.05) is 42.3 Å². The molecule has 0 saturated heterocycles. The van der Waals surface area contributed by atoms with Crippen LogP contribution in [0.25, 0.3) is 0 Å². The highest BCUT2D eigenvalue weighted by Gasteiger charge is 2.02. The van der Waals surface area contributed by atoms with Gasteiger partial charge in [0.25, 0.3) is 0 Å². The lowest BCUT2D eigenvalue weighted by molar-refractivity contribution is -0.148. The number of hydrogen-bond donors (Lipinski definition) is 0. The van der Waals surface area contributed by atoms with Gasteiger partial charge in [-0.3, -0.25) is 4.79 Å². The zero-order valence-corrected chi connectivity index (χ0v) is 18.2. The number of Topliss-reactive ketones (excluding diaryl/α,β-unsaturated/α-hetero) is 1. The number of aryl methyl sites for hydroxylation is 2. The van der Waals surface area contributed by atoms with E-state index in [1.165, 1.54) is 18.1 Å². The number of rotatable bonds is 9. The predicted molar refractivity (Wildman–Crippen MR) is 110 cm³/mol. The van der Waals surface area contributed by atoms with Crippen molar-refractivity contribution in [2.45, 2.75) is 60.8 Å². The first-order valence-corrected chi connectivity index (χ1v) is 9.68. The number of hydrogen-bond acceptors (Lipinski definition) is 6. The lowest BCUT2D eigenvalue weighted by Crippen LogP contribution is -2.12. The molecule has 28 heavy (non-hydrogen) atoms. The van der Waals surface area contributed by atoms with Gasteiger partial charge in [0, 0.05) is 13.0 Å². The van der Waals surface area contributed by atoms with Gasteiger partial charge in [0.05, 0.1) is 19.6 Å². The molecule has 6 heteroatoms. The molecule has 0 N–H and O–H groups in total. The Kier molecular flexibility index (Phi) is 19.6. The van der Waals surface area contributed by atoms with Gasteiger partial charge in [-0.15, -0.1) is 0 Å². The maximum atomic E-state index is 10.6. The second kappa shape index (κ2) is 19.5. The lowest BCUT2D eigenvalue weighted by Gasteiger charge is -2.01. The van der Waals surface area contributed by atoms with Crippen molar-refractivity contribution in [2.24, 2.45) is 0 Å². The van der Waals surface area contributed by atoms with Crippen molar-refractivity contribution in [1.29, 1.82) is 0 Å². The zero-order valence-electron chi connectivity index (χ0n) is 18.2. The molecule has 0 fully saturated rings. The summed E-state index contributed by atoms with van der Waals surface area (Å²) in [6.45, 7) is 12.7. The fraction of sp³-hybridized carbons (Fsp3) is 0.591. The van der Waals surface area contributed by atoms with E-state index < -0.39 is 0 Å². The molecule has 0 amide bonds. The Labute approximate surface area is 169 Å². The van der Waals surface area contributed by atoms with Crippen molar-refractivity contribution in [1.82, 2.24) is 0 Å². The SMILES string of the molecule is CCCOC(=O)COCC.CCOC(=O)CCC(C)=O.Cc1ccc(C)cc1. The third-order valence-corrected chi connectivity index (χ3v) is 3.10. The van der Waals surface area contributed by atoms with Crippen LogP contribution in [0.4, 0.5) is 0 Å². The van der Waals surface area contributed by atoms with Gasteiger partial charge >= 0.3 is 11.9 Å². The van der Waals surface area contributed by atoms with Gasteiger partial charge in [0.1, 0.15) is 12.4 Å². The molecular weight excluding hydrogens is 360 g/mol. The molecule has 1 aromatic rings. The first kappa shape index (κ1) is 28.0. The van der Waals surface area contributed by atoms with Crippen molar-refractivity contribution in [2.75, 3.05) is 26.4 Å². The van der Waals surface area contributed by atoms with Crippen molar-refractivity contribution < 1.29 is 28.6 Å². The second-order valence-electron chi connectivity index (χ2n) is 6.02. The van der Waals surface area contributed by atoms with E-state index in [1.54, 1.807) is 6.92 Å². The third-order valence-electron chi connectivity index (χ3n) is 3.10. The number of esters is 2. The zero-order chi connectivity index (χ0) is 21.8. The summed E-state index contributed by atoms with van der Waals surface area (Å²) in [6.07, 6.45) is 1.36. The molecular formula is C22H36O6. The molecule has 0 heterocycles. The van der Waals surface area contributed by atoms with Crippen LogP contribution in [0.5, 0.6) is 0 Å². The standard InChI is InChI=1S/C8H10.C7H12O3.C7H14O3/c1-7-3-5-8(2)6-4-7;1-3-10-7(9)5-4-6(2)8;1-3-5-10-7(8)6-9-4-2/h3-6H,1-2H3;3-5H2,1-2H3;3-6H2,1-2H3. The Morgan fingerprint density at radius 1 is 0.786 bits per heavy atom. The van der Waals surface area contributed by atoms with Crippen LogP contribution in [0.3, 0.4) is 0 Å². The van der Waals surface area contributed by atoms with Gasteiger partial charge in [-0.05, 0) is 41.0 Å². The number of carbonyl (C=O) groups is 3. The minimum Gasteiger partial charge on any atom is -0.466 e. The molecule has 0 aliphatic heterocycles. The lowest BCUT2D eigenvalue weighted by atomic mass is 10.2. The van der Waals surface area contributed by atoms with Gasteiger partial charge in [0.2, 0.25) is 0 Å². The number of ketones is 1. The Bertz CT molecular complexity index is 505. The maximum Gasteiger partial charge on any atom is 0.332 e. The molecule has 0 spiro atoms. The summed E-state index contributed by atoms with van der Waals surface area (Å²) >= 11 is 0. The van der Waals surface area contributed by atoms with Crippen LogP contribution >= 0.6 is 0 Å². The summed E-state index contributed by atoms with van der Waals surface area (Å²) < 4.78 is 14.1. The normalized spacial score (nSPS) is 9.21. The number of ether oxygens (including phenoxy) is 3. The molecule has 0 aliphatic carbocycles. The summed E-state index contributed by atoms with van der Waals surface area (Å²) in [5.41, 5.74) is 2.66. The molecule has 0 aliphatic rings. The molecule has 0 bridgehead atoms. The van der Waals surface area contributed by atoms with E-state index in [2.05, 4.69) is 42.8 Å². The predicted octanol–water partition coefficient (Wildman–Crippen LogP) is 4.20. The van der Waals surface area contributed by atoms with Crippen LogP contribution < -0.4 is 0 Å². The van der Waals surface area contributed by atoms with Crippen molar-refractivity contribution >= 4 is 17.7 Å². The van der Waals surface area contributed by atoms with Crippen LogP contribution in [0.2, 0.25) is 0 Å². The van der Waals surface area contributed by atoms with E-state index in [-0.39, 0.29) is 30.7 Å². The second-order valence-corrected chi connectivity index (χ2v) is 6.02. The van der Waals surface area contributed by atoms with E-state index in [9.17, 15) is 14.4 Å². The van der Waals surface area contributed by atoms with Gasteiger partial charge in [-0.25, -0.2) is 4.79 Å². The quantitative estimate of drug-likeness (QED) is 0.582. The van der Waals surface area contributed by atoms with Crippen molar-refractivity contribution in [3.05, 3.63) is 35.4 Å². The number of carbonyl (C=O) groups excluding carboxylic acids is 3. The van der Waals surface area contributed by atoms with Gasteiger partial charge in [0.15, 0.2) is 0 Å². The third kappa shape index (κ3) is 21.8. The highest BCUT2D eigenvalue weighted by molar-refractivity contribution is 5.80. The molecule has 0 unspecified atom stereocenters. The molecule has 6 nitrogen and oxygen atoms in total. The van der Waals surface area contributed by atoms with Gasteiger partial charge < -0.3 is 19.0 Å². The van der Waals surface area contributed by atoms with Crippen LogP contribution in [-0.4, -0.2) is 44.1 Å². The summed E-state index contributed by atoms with van der Waals surface area (Å²) in [6, 6.07) is 8.48. The molecule has 0 saturated carbocycles. The fourth-order valence-corrected chi connectivity index (χ4v) is 1.59. The molecule has 1 aromatic carbocycles. The van der Waals surface area contributed by atoms with E-state index in [1.807, 2.05) is 13.8 Å². The minimum absolute atomic E-state index is 0.0213. The average molecular weight is 397 g/mol. The first-order valence-electron chi connectivity index (χ1n) is 9.68. The molecule has 1 rings (SSSR count). The van der Waals surface area contributed by atoms with Crippen LogP contribution in [0.15, 0.2) is 24.3 Å².